The van der Waals surface area contributed by atoms with Gasteiger partial charge in [-0.1, -0.05) is 45.4 Å². The van der Waals surface area contributed by atoms with Crippen LogP contribution in [0.5, 0.6) is 0 Å². The van der Waals surface area contributed by atoms with Gasteiger partial charge in [-0.2, -0.15) is 0 Å². The molecule has 1 aliphatic rings. The third-order valence-corrected chi connectivity index (χ3v) is 4.98. The van der Waals surface area contributed by atoms with Crippen LogP contribution in [-0.4, -0.2) is 12.6 Å². The van der Waals surface area contributed by atoms with Crippen LogP contribution in [-0.2, 0) is 6.42 Å². The molecule has 1 saturated carbocycles. The maximum absolute atomic E-state index is 13.6. The van der Waals surface area contributed by atoms with Crippen molar-refractivity contribution in [2.24, 2.45) is 11.3 Å². The molecule has 2 unspecified atom stereocenters. The van der Waals surface area contributed by atoms with Crippen molar-refractivity contribution in [1.29, 1.82) is 0 Å². The van der Waals surface area contributed by atoms with Gasteiger partial charge in [0.25, 0.3) is 0 Å². The van der Waals surface area contributed by atoms with E-state index in [2.05, 4.69) is 26.1 Å². The summed E-state index contributed by atoms with van der Waals surface area (Å²) < 4.78 is 13.6. The number of hydrogen-bond donors (Lipinski definition) is 1. The zero-order valence-corrected chi connectivity index (χ0v) is 13.8. The average Bonchev–Trinajstić information content (AvgIpc) is 2.66. The summed E-state index contributed by atoms with van der Waals surface area (Å²) in [5.41, 5.74) is 1.26. The molecule has 21 heavy (non-hydrogen) atoms. The largest absolute Gasteiger partial charge is 0.314 e. The van der Waals surface area contributed by atoms with Gasteiger partial charge in [0.15, 0.2) is 0 Å². The molecule has 2 rings (SSSR count). The lowest BCUT2D eigenvalue weighted by Gasteiger charge is -2.29. The summed E-state index contributed by atoms with van der Waals surface area (Å²) in [5.74, 6) is 0.767. The molecule has 0 amide bonds. The maximum Gasteiger partial charge on any atom is 0.126 e. The Morgan fingerprint density at radius 3 is 2.57 bits per heavy atom. The van der Waals surface area contributed by atoms with Gasteiger partial charge in [0.05, 0.1) is 0 Å². The molecule has 0 spiro atoms. The summed E-state index contributed by atoms with van der Waals surface area (Å²) in [4.78, 5) is 0. The molecule has 2 atom stereocenters. The van der Waals surface area contributed by atoms with Crippen molar-refractivity contribution < 1.29 is 4.39 Å². The lowest BCUT2D eigenvalue weighted by Crippen LogP contribution is -2.30. The SMILES string of the molecule is CC(C)(C)C1CCCC(NCCc2ccccc2F)CC1. The monoisotopic (exact) mass is 291 g/mol. The third-order valence-electron chi connectivity index (χ3n) is 4.98. The summed E-state index contributed by atoms with van der Waals surface area (Å²) in [5, 5.41) is 3.64. The van der Waals surface area contributed by atoms with Gasteiger partial charge >= 0.3 is 0 Å². The van der Waals surface area contributed by atoms with E-state index in [1.165, 1.54) is 32.1 Å². The van der Waals surface area contributed by atoms with Crippen molar-refractivity contribution in [2.75, 3.05) is 6.54 Å². The predicted octanol–water partition coefficient (Wildman–Crippen LogP) is 4.95. The van der Waals surface area contributed by atoms with Gasteiger partial charge in [0, 0.05) is 6.04 Å². The second-order valence-electron chi connectivity index (χ2n) is 7.56. The summed E-state index contributed by atoms with van der Waals surface area (Å²) in [6.45, 7) is 7.97. The standard InChI is InChI=1S/C19H30FN/c1-19(2,3)16-8-6-9-17(12-11-16)21-14-13-15-7-4-5-10-18(15)20/h4-5,7,10,16-17,21H,6,8-9,11-14H2,1-3H3. The highest BCUT2D eigenvalue weighted by Gasteiger charge is 2.27. The van der Waals surface area contributed by atoms with Crippen LogP contribution in [0.1, 0.15) is 58.4 Å². The quantitative estimate of drug-likeness (QED) is 0.774. The van der Waals surface area contributed by atoms with Crippen LogP contribution < -0.4 is 5.32 Å². The highest BCUT2D eigenvalue weighted by molar-refractivity contribution is 5.17. The molecule has 1 aromatic rings. The molecule has 0 bridgehead atoms. The van der Waals surface area contributed by atoms with E-state index >= 15 is 0 Å². The molecule has 1 N–H and O–H groups in total. The Hall–Kier alpha value is -0.890. The predicted molar refractivity (Wildman–Crippen MR) is 87.9 cm³/mol. The van der Waals surface area contributed by atoms with Crippen LogP contribution >= 0.6 is 0 Å². The van der Waals surface area contributed by atoms with Crippen LogP contribution in [0.4, 0.5) is 4.39 Å². The Bertz CT molecular complexity index is 435. The second-order valence-corrected chi connectivity index (χ2v) is 7.56. The minimum absolute atomic E-state index is 0.0760. The van der Waals surface area contributed by atoms with E-state index in [1.807, 2.05) is 12.1 Å². The van der Waals surface area contributed by atoms with Gasteiger partial charge < -0.3 is 5.32 Å². The smallest absolute Gasteiger partial charge is 0.126 e. The topological polar surface area (TPSA) is 12.0 Å². The van der Waals surface area contributed by atoms with Crippen molar-refractivity contribution >= 4 is 0 Å². The second kappa shape index (κ2) is 7.40. The summed E-state index contributed by atoms with van der Waals surface area (Å²) in [7, 11) is 0. The normalized spacial score (nSPS) is 23.8. The van der Waals surface area contributed by atoms with E-state index < -0.39 is 0 Å². The highest BCUT2D eigenvalue weighted by atomic mass is 19.1. The highest BCUT2D eigenvalue weighted by Crippen LogP contribution is 2.36. The Balaban J connectivity index is 1.76. The number of benzene rings is 1. The molecule has 1 aliphatic carbocycles. The lowest BCUT2D eigenvalue weighted by atomic mass is 9.76. The van der Waals surface area contributed by atoms with E-state index in [1.54, 1.807) is 12.1 Å². The average molecular weight is 291 g/mol. The zero-order chi connectivity index (χ0) is 15.3. The van der Waals surface area contributed by atoms with Crippen molar-refractivity contribution in [2.45, 2.75) is 65.3 Å². The minimum Gasteiger partial charge on any atom is -0.314 e. The maximum atomic E-state index is 13.6. The third kappa shape index (κ3) is 5.10. The molecule has 2 heteroatoms. The van der Waals surface area contributed by atoms with E-state index in [-0.39, 0.29) is 5.82 Å². The van der Waals surface area contributed by atoms with Crippen molar-refractivity contribution in [3.05, 3.63) is 35.6 Å². The Labute approximate surface area is 129 Å². The molecule has 1 aromatic carbocycles. The van der Waals surface area contributed by atoms with Gasteiger partial charge in [-0.3, -0.25) is 0 Å². The van der Waals surface area contributed by atoms with Gasteiger partial charge in [-0.25, -0.2) is 4.39 Å². The molecule has 0 aliphatic heterocycles. The number of rotatable bonds is 4. The summed E-state index contributed by atoms with van der Waals surface area (Å²) >= 11 is 0. The lowest BCUT2D eigenvalue weighted by molar-refractivity contribution is 0.213. The fraction of sp³-hybridized carbons (Fsp3) is 0.684. The van der Waals surface area contributed by atoms with Crippen molar-refractivity contribution in [3.8, 4) is 0 Å². The summed E-state index contributed by atoms with van der Waals surface area (Å²) in [6.07, 6.45) is 7.31. The first-order valence-electron chi connectivity index (χ1n) is 8.43. The Kier molecular flexibility index (Phi) is 5.80. The van der Waals surface area contributed by atoms with E-state index in [9.17, 15) is 4.39 Å². The Morgan fingerprint density at radius 2 is 1.86 bits per heavy atom. The Morgan fingerprint density at radius 1 is 1.10 bits per heavy atom. The first-order valence-corrected chi connectivity index (χ1v) is 8.43. The van der Waals surface area contributed by atoms with E-state index in [0.29, 0.717) is 11.5 Å². The van der Waals surface area contributed by atoms with Gasteiger partial charge in [-0.15, -0.1) is 0 Å². The van der Waals surface area contributed by atoms with Crippen molar-refractivity contribution in [3.63, 3.8) is 0 Å². The fourth-order valence-electron chi connectivity index (χ4n) is 3.48. The number of nitrogens with one attached hydrogen (secondary N) is 1. The van der Waals surface area contributed by atoms with Crippen LogP contribution in [0.25, 0.3) is 0 Å². The molecular formula is C19H30FN. The van der Waals surface area contributed by atoms with Gasteiger partial charge in [0.1, 0.15) is 5.82 Å². The molecule has 0 radical (unpaired) electrons. The molecule has 0 saturated heterocycles. The first kappa shape index (κ1) is 16.5. The van der Waals surface area contributed by atoms with Crippen LogP contribution in [0.3, 0.4) is 0 Å². The zero-order valence-electron chi connectivity index (χ0n) is 13.8. The fourth-order valence-corrected chi connectivity index (χ4v) is 3.48. The van der Waals surface area contributed by atoms with Crippen molar-refractivity contribution in [1.82, 2.24) is 5.32 Å². The molecule has 1 fully saturated rings. The molecule has 0 heterocycles. The molecule has 0 aromatic heterocycles. The van der Waals surface area contributed by atoms with Crippen LogP contribution in [0.2, 0.25) is 0 Å². The first-order chi connectivity index (χ1) is 9.97. The van der Waals surface area contributed by atoms with E-state index in [4.69, 9.17) is 0 Å². The van der Waals surface area contributed by atoms with E-state index in [0.717, 1.165) is 24.4 Å². The van der Waals surface area contributed by atoms with Crippen LogP contribution in [0, 0.1) is 17.2 Å². The molecule has 118 valence electrons. The minimum atomic E-state index is -0.0760. The van der Waals surface area contributed by atoms with Gasteiger partial charge in [0.2, 0.25) is 0 Å². The number of hydrogen-bond acceptors (Lipinski definition) is 1. The molecular weight excluding hydrogens is 261 g/mol. The van der Waals surface area contributed by atoms with Gasteiger partial charge in [-0.05, 0) is 61.6 Å². The van der Waals surface area contributed by atoms with Crippen LogP contribution in [0.15, 0.2) is 24.3 Å². The summed E-state index contributed by atoms with van der Waals surface area (Å²) in [6, 6.07) is 7.72. The number of halogens is 1. The molecule has 1 nitrogen and oxygen atoms in total.